The summed E-state index contributed by atoms with van der Waals surface area (Å²) >= 11 is 0. The molecule has 1 amide bonds. The lowest BCUT2D eigenvalue weighted by Gasteiger charge is -2.47. The molecular weight excluding hydrogens is 682 g/mol. The van der Waals surface area contributed by atoms with Gasteiger partial charge in [-0.3, -0.25) is 4.79 Å². The Hall–Kier alpha value is -4.34. The Bertz CT molecular complexity index is 1500. The number of hydrogen-bond donors (Lipinski definition) is 2. The molecule has 1 saturated heterocycles. The van der Waals surface area contributed by atoms with Gasteiger partial charge in [0.05, 0.1) is 17.7 Å². The lowest BCUT2D eigenvalue weighted by atomic mass is 9.87. The molecule has 1 aliphatic rings. The van der Waals surface area contributed by atoms with E-state index in [0.717, 1.165) is 0 Å². The Kier molecular flexibility index (Phi) is 13.5. The first-order valence-corrected chi connectivity index (χ1v) is 16.5. The molecule has 51 heavy (non-hydrogen) atoms. The molecule has 16 heteroatoms. The Morgan fingerprint density at radius 1 is 1.02 bits per heavy atom. The number of carbonyl (C=O) groups is 2. The summed E-state index contributed by atoms with van der Waals surface area (Å²) in [6.45, 7) is 10.7. The summed E-state index contributed by atoms with van der Waals surface area (Å²) in [7, 11) is 1.60. The first-order valence-electron chi connectivity index (χ1n) is 16.5. The number of hydrogen-bond acceptors (Lipinski definition) is 8. The summed E-state index contributed by atoms with van der Waals surface area (Å²) in [6, 6.07) is 0.152. The standard InChI is InChI=1S/C35H46F6N6O4/c1-7-23(20-45(6)42)24-17-43-31(44-18-24)46(19-22-12-25(34(36,37)38)14-26(13-22)35(39,40)41)29-15-27(8-2)47(28(9-3)16-29)32(50)51-21-33(4,5)11-10-30(48)49/h7,12-14,17-18,20,27-29H,1,8-11,15-16,19,21,42H2,2-6H3,(H,48,49)/b23-20+/t27-,28+,29+. The molecule has 1 aromatic heterocycles. The lowest BCUT2D eigenvalue weighted by molar-refractivity contribution is -0.143. The fraction of sp³-hybridized carbons (Fsp3) is 0.543. The van der Waals surface area contributed by atoms with Crippen molar-refractivity contribution in [2.75, 3.05) is 18.6 Å². The zero-order valence-electron chi connectivity index (χ0n) is 29.4. The average Bonchev–Trinajstić information content (AvgIpc) is 3.06. The number of hydrazine groups is 1. The number of nitrogens with two attached hydrogens (primary N) is 1. The SMILES string of the molecule is C=C/C(=C\N(C)N)c1cnc(N(Cc2cc(C(F)(F)F)cc(C(F)(F)F)c2)[C@H]2C[C@@H](CC)N(C(=O)OCC(C)(C)CCC(=O)O)[C@@H](CC)C2)nc1. The van der Waals surface area contributed by atoms with Crippen LogP contribution in [-0.4, -0.2) is 68.8 Å². The van der Waals surface area contributed by atoms with Crippen LogP contribution in [0.25, 0.3) is 5.57 Å². The number of nitrogens with zero attached hydrogens (tertiary/aromatic N) is 5. The maximum absolute atomic E-state index is 13.8. The largest absolute Gasteiger partial charge is 0.481 e. The van der Waals surface area contributed by atoms with Crippen LogP contribution in [0, 0.1) is 5.41 Å². The van der Waals surface area contributed by atoms with Gasteiger partial charge < -0.3 is 24.7 Å². The number of likely N-dealkylation sites (tertiary alicyclic amines) is 1. The molecule has 10 nitrogen and oxygen atoms in total. The van der Waals surface area contributed by atoms with Crippen LogP contribution in [0.15, 0.2) is 49.4 Å². The number of alkyl halides is 6. The predicted molar refractivity (Wildman–Crippen MR) is 180 cm³/mol. The smallest absolute Gasteiger partial charge is 0.416 e. The second-order valence-corrected chi connectivity index (χ2v) is 13.5. The minimum Gasteiger partial charge on any atom is -0.481 e. The van der Waals surface area contributed by atoms with Crippen molar-refractivity contribution < 1.29 is 45.8 Å². The molecule has 1 fully saturated rings. The molecule has 282 valence electrons. The number of carboxylic acid groups (broad SMARTS) is 1. The number of amides is 1. The number of ether oxygens (including phenoxy) is 1. The molecular formula is C35H46F6N6O4. The Balaban J connectivity index is 2.04. The molecule has 3 atom stereocenters. The zero-order valence-corrected chi connectivity index (χ0v) is 29.4. The normalized spacial score (nSPS) is 18.7. The van der Waals surface area contributed by atoms with Gasteiger partial charge in [0, 0.05) is 67.9 Å². The third-order valence-electron chi connectivity index (χ3n) is 8.86. The van der Waals surface area contributed by atoms with Gasteiger partial charge in [-0.15, -0.1) is 0 Å². The molecule has 1 aliphatic heterocycles. The van der Waals surface area contributed by atoms with Crippen molar-refractivity contribution in [2.45, 2.75) is 103 Å². The van der Waals surface area contributed by atoms with Crippen LogP contribution < -0.4 is 10.7 Å². The fourth-order valence-corrected chi connectivity index (χ4v) is 6.13. The van der Waals surface area contributed by atoms with Gasteiger partial charge >= 0.3 is 24.4 Å². The molecule has 2 heterocycles. The van der Waals surface area contributed by atoms with E-state index in [0.29, 0.717) is 42.5 Å². The van der Waals surface area contributed by atoms with E-state index in [9.17, 15) is 35.9 Å². The van der Waals surface area contributed by atoms with Crippen molar-refractivity contribution in [3.05, 3.63) is 71.7 Å². The van der Waals surface area contributed by atoms with Crippen LogP contribution in [-0.2, 0) is 28.4 Å². The summed E-state index contributed by atoms with van der Waals surface area (Å²) in [4.78, 5) is 36.8. The molecule has 3 N–H and O–H groups in total. The minimum absolute atomic E-state index is 0.0175. The van der Waals surface area contributed by atoms with E-state index in [1.54, 1.807) is 36.9 Å². The van der Waals surface area contributed by atoms with Gasteiger partial charge in [0.15, 0.2) is 0 Å². The van der Waals surface area contributed by atoms with Gasteiger partial charge in [-0.05, 0) is 61.3 Å². The minimum atomic E-state index is -5.03. The number of anilines is 1. The molecule has 0 aliphatic carbocycles. The average molecular weight is 729 g/mol. The van der Waals surface area contributed by atoms with Crippen LogP contribution in [0.1, 0.15) is 88.5 Å². The molecule has 0 saturated carbocycles. The highest BCUT2D eigenvalue weighted by Crippen LogP contribution is 2.38. The molecule has 0 spiro atoms. The maximum atomic E-state index is 13.8. The van der Waals surface area contributed by atoms with E-state index < -0.39 is 59.1 Å². The van der Waals surface area contributed by atoms with Crippen LogP contribution in [0.3, 0.4) is 0 Å². The maximum Gasteiger partial charge on any atom is 0.416 e. The van der Waals surface area contributed by atoms with Crippen molar-refractivity contribution in [3.63, 3.8) is 0 Å². The van der Waals surface area contributed by atoms with E-state index in [4.69, 9.17) is 15.7 Å². The second-order valence-electron chi connectivity index (χ2n) is 13.5. The van der Waals surface area contributed by atoms with E-state index in [1.165, 1.54) is 23.5 Å². The number of halogens is 6. The van der Waals surface area contributed by atoms with Gasteiger partial charge in [0.25, 0.3) is 0 Å². The number of allylic oxidation sites excluding steroid dienone is 2. The van der Waals surface area contributed by atoms with Gasteiger partial charge in [0.1, 0.15) is 0 Å². The van der Waals surface area contributed by atoms with Crippen molar-refractivity contribution >= 4 is 23.6 Å². The number of aromatic nitrogens is 2. The van der Waals surface area contributed by atoms with Crippen LogP contribution in [0.5, 0.6) is 0 Å². The van der Waals surface area contributed by atoms with Gasteiger partial charge in [0.2, 0.25) is 5.95 Å². The quantitative estimate of drug-likeness (QED) is 0.0865. The fourth-order valence-electron chi connectivity index (χ4n) is 6.13. The molecule has 0 radical (unpaired) electrons. The number of carbonyl (C=O) groups excluding carboxylic acids is 1. The number of benzene rings is 1. The summed E-state index contributed by atoms with van der Waals surface area (Å²) in [6.07, 6.45) is -2.89. The second kappa shape index (κ2) is 16.8. The summed E-state index contributed by atoms with van der Waals surface area (Å²) in [5, 5.41) is 10.4. The summed E-state index contributed by atoms with van der Waals surface area (Å²) in [5.41, 5.74) is -2.62. The van der Waals surface area contributed by atoms with Crippen LogP contribution in [0.2, 0.25) is 0 Å². The third-order valence-corrected chi connectivity index (χ3v) is 8.86. The Labute approximate surface area is 293 Å². The van der Waals surface area contributed by atoms with Gasteiger partial charge in [-0.25, -0.2) is 20.6 Å². The topological polar surface area (TPSA) is 125 Å². The van der Waals surface area contributed by atoms with Crippen molar-refractivity contribution in [2.24, 2.45) is 11.3 Å². The zero-order chi connectivity index (χ0) is 38.3. The first-order chi connectivity index (χ1) is 23.7. The van der Waals surface area contributed by atoms with Crippen LogP contribution in [0.4, 0.5) is 37.1 Å². The van der Waals surface area contributed by atoms with E-state index in [2.05, 4.69) is 16.5 Å². The van der Waals surface area contributed by atoms with E-state index in [1.807, 2.05) is 13.8 Å². The van der Waals surface area contributed by atoms with Crippen molar-refractivity contribution in [1.82, 2.24) is 19.9 Å². The molecule has 0 unspecified atom stereocenters. The molecule has 2 aromatic rings. The molecule has 1 aromatic carbocycles. The lowest BCUT2D eigenvalue weighted by Crippen LogP contribution is -2.57. The Morgan fingerprint density at radius 2 is 1.55 bits per heavy atom. The number of rotatable bonds is 14. The molecule has 3 rings (SSSR count). The highest BCUT2D eigenvalue weighted by atomic mass is 19.4. The number of carboxylic acids is 1. The predicted octanol–water partition coefficient (Wildman–Crippen LogP) is 7.90. The highest BCUT2D eigenvalue weighted by molar-refractivity contribution is 5.72. The monoisotopic (exact) mass is 728 g/mol. The number of aliphatic carboxylic acids is 1. The molecule has 0 bridgehead atoms. The Morgan fingerprint density at radius 3 is 1.98 bits per heavy atom. The third kappa shape index (κ3) is 11.3. The summed E-state index contributed by atoms with van der Waals surface area (Å²) in [5.74, 6) is 4.85. The van der Waals surface area contributed by atoms with Crippen LogP contribution >= 0.6 is 0 Å². The van der Waals surface area contributed by atoms with Crippen molar-refractivity contribution in [3.8, 4) is 0 Å². The van der Waals surface area contributed by atoms with Gasteiger partial charge in [-0.1, -0.05) is 40.3 Å². The number of piperidine rings is 1. The van der Waals surface area contributed by atoms with E-state index in [-0.39, 0.29) is 50.0 Å². The van der Waals surface area contributed by atoms with Gasteiger partial charge in [-0.2, -0.15) is 26.3 Å². The van der Waals surface area contributed by atoms with E-state index >= 15 is 0 Å². The van der Waals surface area contributed by atoms with Crippen molar-refractivity contribution in [1.29, 1.82) is 0 Å². The first kappa shape index (κ1) is 41.1. The summed E-state index contributed by atoms with van der Waals surface area (Å²) < 4.78 is 88.6. The highest BCUT2D eigenvalue weighted by Gasteiger charge is 2.42.